The maximum absolute atomic E-state index is 9.00. The molecule has 1 N–H and O–H groups in total. The summed E-state index contributed by atoms with van der Waals surface area (Å²) in [6, 6.07) is 0. The highest BCUT2D eigenvalue weighted by molar-refractivity contribution is 6.25. The molecule has 2 heterocycles. The molecule has 0 bridgehead atoms. The molecule has 1 radical (unpaired) electrons. The van der Waals surface area contributed by atoms with Crippen molar-refractivity contribution in [2.75, 3.05) is 13.2 Å². The van der Waals surface area contributed by atoms with E-state index in [9.17, 15) is 0 Å². The summed E-state index contributed by atoms with van der Waals surface area (Å²) in [5.41, 5.74) is 0. The van der Waals surface area contributed by atoms with Gasteiger partial charge in [-0.25, -0.2) is 0 Å². The molecule has 2 aliphatic rings. The fourth-order valence-electron chi connectivity index (χ4n) is 1.76. The molecule has 0 amide bonds. The van der Waals surface area contributed by atoms with Gasteiger partial charge in [0.05, 0.1) is 11.5 Å². The first-order valence-corrected chi connectivity index (χ1v) is 11.3. The molecule has 33 heavy (non-hydrogen) atoms. The highest BCUT2D eigenvalue weighted by Gasteiger charge is 2.05. The van der Waals surface area contributed by atoms with Gasteiger partial charge in [0.2, 0.25) is 6.79 Å². The van der Waals surface area contributed by atoms with Gasteiger partial charge in [0.25, 0.3) is 0 Å². The van der Waals surface area contributed by atoms with E-state index in [0.29, 0.717) is 24.9 Å². The summed E-state index contributed by atoms with van der Waals surface area (Å²) >= 11 is -0.439. The Morgan fingerprint density at radius 2 is 1.58 bits per heavy atom. The van der Waals surface area contributed by atoms with E-state index in [1.807, 2.05) is 46.5 Å². The third-order valence-corrected chi connectivity index (χ3v) is 3.62. The molecule has 10 heteroatoms. The van der Waals surface area contributed by atoms with Crippen LogP contribution in [0.2, 0.25) is 5.79 Å². The lowest BCUT2D eigenvalue weighted by molar-refractivity contribution is -0.461. The first kappa shape index (κ1) is 41.3. The van der Waals surface area contributed by atoms with E-state index in [2.05, 4.69) is 0 Å². The van der Waals surface area contributed by atoms with E-state index in [1.54, 1.807) is 13.0 Å². The summed E-state index contributed by atoms with van der Waals surface area (Å²) in [5, 5.41) is 0. The van der Waals surface area contributed by atoms with Gasteiger partial charge in [-0.05, 0) is 47.6 Å². The predicted molar refractivity (Wildman–Crippen MR) is 142 cm³/mol. The maximum atomic E-state index is 9.00. The molecule has 0 aromatic carbocycles. The highest BCUT2D eigenvalue weighted by Crippen LogP contribution is 2.04. The second-order valence-corrected chi connectivity index (χ2v) is 6.36. The first-order chi connectivity index (χ1) is 13.8. The van der Waals surface area contributed by atoms with Crippen molar-refractivity contribution in [3.63, 3.8) is 0 Å². The lowest BCUT2D eigenvalue weighted by Crippen LogP contribution is -2.09. The summed E-state index contributed by atoms with van der Waals surface area (Å²) in [4.78, 5) is 9.00. The van der Waals surface area contributed by atoms with Crippen molar-refractivity contribution in [3.8, 4) is 0 Å². The van der Waals surface area contributed by atoms with Crippen LogP contribution in [-0.2, 0) is 31.6 Å². The molecule has 0 unspecified atom stereocenters. The number of esters is 2. The molecule has 0 aromatic heterocycles. The summed E-state index contributed by atoms with van der Waals surface area (Å²) in [7, 11) is 0. The van der Waals surface area contributed by atoms with Crippen LogP contribution in [-0.4, -0.2) is 68.6 Å². The van der Waals surface area contributed by atoms with Gasteiger partial charge >= 0.3 is 18.7 Å². The van der Waals surface area contributed by atoms with Crippen LogP contribution in [0.3, 0.4) is 0 Å². The van der Waals surface area contributed by atoms with Crippen molar-refractivity contribution < 1.29 is 36.4 Å². The Labute approximate surface area is 218 Å². The van der Waals surface area contributed by atoms with Gasteiger partial charge in [-0.15, -0.1) is 0 Å². The van der Waals surface area contributed by atoms with Crippen molar-refractivity contribution in [3.05, 3.63) is 49.1 Å². The van der Waals surface area contributed by atoms with Gasteiger partial charge in [-0.1, -0.05) is 22.3 Å². The Bertz CT molecular complexity index is 653. The van der Waals surface area contributed by atoms with Crippen LogP contribution < -0.4 is 0 Å². The Morgan fingerprint density at radius 1 is 1.03 bits per heavy atom. The topological polar surface area (TPSA) is 90.2 Å². The molecule has 0 saturated carbocycles. The van der Waals surface area contributed by atoms with E-state index in [4.69, 9.17) is 36.4 Å². The van der Waals surface area contributed by atoms with Gasteiger partial charge in [0.15, 0.2) is 51.9 Å². The van der Waals surface area contributed by atoms with E-state index in [-0.39, 0.29) is 45.6 Å². The van der Waals surface area contributed by atoms with Crippen LogP contribution in [0.4, 0.5) is 0 Å². The van der Waals surface area contributed by atoms with E-state index >= 15 is 0 Å². The fraction of sp³-hybridized carbons (Fsp3) is 0.522. The molecule has 0 fully saturated rings. The van der Waals surface area contributed by atoms with Gasteiger partial charge in [0.1, 0.15) is 6.08 Å². The molecule has 0 spiro atoms. The minimum Gasteiger partial charge on any atom is -0.821 e. The van der Waals surface area contributed by atoms with Crippen LogP contribution in [0.1, 0.15) is 63.8 Å². The number of allylic oxidation sites excluding steroid dienone is 4. The SMILES string of the molecule is C.C.C.CC1=CC(C)=[O+][CH-]O1.CCOC(=[OH+])C=C(C)[O][AlH-][CH3].CCOC1=[O+][CH-]OC(C)=C1.[AlH3]. The second kappa shape index (κ2) is 26.3. The molecular formula is C23H47Al2O8. The maximum Gasteiger partial charge on any atom is 0.513 e. The average molecular weight is 506 g/mol. The van der Waals surface area contributed by atoms with E-state index in [1.165, 1.54) is 19.7 Å². The standard InChI is InChI=1S/C7H10O3.C6H10O3.C6H8O2.3CH4.CH3.2Al.4H/c1-3-8-7-4-6(2)9-5-10-7;1-3-9-6(8)4-5(2)7;1-5-3-6(2)8-4-7-5;;;;;;;;;;/h4-5H,3H2,1-2H3;4,7H,3H2,1-2H3;3-4H,1-2H3;3*1H4;1H3;;;;;;. The lowest BCUT2D eigenvalue weighted by atomic mass is 10.4. The normalized spacial score (nSPS) is 12.9. The number of ether oxygens (including phenoxy) is 4. The third kappa shape index (κ3) is 24.5. The molecule has 8 nitrogen and oxygen atoms in total. The predicted octanol–water partition coefficient (Wildman–Crippen LogP) is 3.87. The van der Waals surface area contributed by atoms with Crippen LogP contribution in [0.15, 0.2) is 35.5 Å². The van der Waals surface area contributed by atoms with Gasteiger partial charge in [-0.3, -0.25) is 0 Å². The minimum atomic E-state index is -0.439. The first-order valence-electron chi connectivity index (χ1n) is 9.31. The van der Waals surface area contributed by atoms with Crippen LogP contribution >= 0.6 is 0 Å². The van der Waals surface area contributed by atoms with Crippen molar-refractivity contribution in [1.82, 2.24) is 0 Å². The van der Waals surface area contributed by atoms with Gasteiger partial charge < -0.3 is 36.4 Å². The van der Waals surface area contributed by atoms with Crippen LogP contribution in [0, 0.1) is 13.6 Å². The van der Waals surface area contributed by atoms with Gasteiger partial charge in [0, 0.05) is 11.8 Å². The zero-order chi connectivity index (χ0) is 22.1. The number of ketones is 1. The Balaban J connectivity index is -0.000000113. The van der Waals surface area contributed by atoms with E-state index < -0.39 is 15.6 Å². The van der Waals surface area contributed by atoms with Crippen molar-refractivity contribution in [2.24, 2.45) is 0 Å². The number of carbonyl (C=O) groups excluding carboxylic acids is 3. The van der Waals surface area contributed by atoms with Crippen LogP contribution in [0.5, 0.6) is 0 Å². The van der Waals surface area contributed by atoms with Gasteiger partial charge in [-0.2, -0.15) is 5.79 Å². The quantitative estimate of drug-likeness (QED) is 0.141. The van der Waals surface area contributed by atoms with E-state index in [0.717, 1.165) is 17.3 Å². The molecule has 193 valence electrons. The lowest BCUT2D eigenvalue weighted by Gasteiger charge is -2.12. The Morgan fingerprint density at radius 3 is 1.97 bits per heavy atom. The smallest absolute Gasteiger partial charge is 0.513 e. The third-order valence-electron chi connectivity index (χ3n) is 2.87. The van der Waals surface area contributed by atoms with Crippen molar-refractivity contribution in [2.45, 2.75) is 69.6 Å². The van der Waals surface area contributed by atoms with Crippen LogP contribution in [0.25, 0.3) is 0 Å². The minimum absolute atomic E-state index is 0. The average Bonchev–Trinajstić information content (AvgIpc) is 2.63. The second-order valence-electron chi connectivity index (χ2n) is 5.50. The monoisotopic (exact) mass is 505 g/mol. The number of rotatable bonds is 5. The number of hydrogen-bond donors (Lipinski definition) is 0. The summed E-state index contributed by atoms with van der Waals surface area (Å²) in [5.74, 6) is 5.66. The zero-order valence-corrected chi connectivity index (χ0v) is 19.7. The molecule has 2 rings (SSSR count). The molecule has 0 aromatic rings. The summed E-state index contributed by atoms with van der Waals surface area (Å²) in [6.07, 6.45) is 5.02. The molecule has 0 aliphatic carbocycles. The van der Waals surface area contributed by atoms with Crippen molar-refractivity contribution in [1.29, 1.82) is 0 Å². The Kier molecular flexibility index (Phi) is 32.9. The summed E-state index contributed by atoms with van der Waals surface area (Å²) in [6.45, 7) is 14.7. The highest BCUT2D eigenvalue weighted by atomic mass is 27.1. The molecular weight excluding hydrogens is 458 g/mol. The summed E-state index contributed by atoms with van der Waals surface area (Å²) < 4.78 is 34.5. The molecule has 2 aliphatic heterocycles. The Hall–Kier alpha value is -1.97. The fourth-order valence-corrected chi connectivity index (χ4v) is 2.30. The molecule has 0 atom stereocenters. The largest absolute Gasteiger partial charge is 0.821 e. The van der Waals surface area contributed by atoms with Crippen molar-refractivity contribution >= 4 is 50.6 Å². The number of hydrogen-bond acceptors (Lipinski definition) is 5. The molecule has 0 saturated heterocycles. The zero-order valence-electron chi connectivity index (χ0n) is 18.3.